The molecule has 0 aliphatic carbocycles. The Morgan fingerprint density at radius 3 is 1.37 bits per heavy atom. The standard InChI is InChI=1S/C49H60O3/c1-2-3-4-5-6-7-8-9-10-11-12-17-26-42-35-37-47(38-36-42)51-40-48(50-39-43-27-18-13-19-28-43)41-52-49(44-29-20-14-21-30-44,45-31-22-15-23-32-45)46-33-24-16-25-34-46/h13-16,18-25,27-38,48H,2-12,17,26,39-41H2,1H3. The van der Waals surface area contributed by atoms with E-state index in [0.717, 1.165) is 34.4 Å². The first-order chi connectivity index (χ1) is 25.8. The topological polar surface area (TPSA) is 27.7 Å². The summed E-state index contributed by atoms with van der Waals surface area (Å²) in [6.45, 7) is 3.48. The van der Waals surface area contributed by atoms with E-state index in [1.807, 2.05) is 36.4 Å². The summed E-state index contributed by atoms with van der Waals surface area (Å²) in [5, 5.41) is 0. The molecule has 0 radical (unpaired) electrons. The summed E-state index contributed by atoms with van der Waals surface area (Å²) in [4.78, 5) is 0. The molecule has 0 saturated heterocycles. The highest BCUT2D eigenvalue weighted by atomic mass is 16.6. The number of hydrogen-bond donors (Lipinski definition) is 0. The van der Waals surface area contributed by atoms with Gasteiger partial charge in [0.15, 0.2) is 0 Å². The van der Waals surface area contributed by atoms with Gasteiger partial charge in [0.25, 0.3) is 0 Å². The molecule has 1 atom stereocenters. The lowest BCUT2D eigenvalue weighted by Crippen LogP contribution is -2.38. The molecule has 5 rings (SSSR count). The molecule has 3 nitrogen and oxygen atoms in total. The highest BCUT2D eigenvalue weighted by molar-refractivity contribution is 5.47. The van der Waals surface area contributed by atoms with E-state index in [9.17, 15) is 0 Å². The summed E-state index contributed by atoms with van der Waals surface area (Å²) in [5.41, 5.74) is 4.87. The smallest absolute Gasteiger partial charge is 0.143 e. The van der Waals surface area contributed by atoms with Gasteiger partial charge in [0.2, 0.25) is 0 Å². The highest BCUT2D eigenvalue weighted by Crippen LogP contribution is 2.40. The zero-order chi connectivity index (χ0) is 35.9. The van der Waals surface area contributed by atoms with Crippen molar-refractivity contribution in [3.8, 4) is 5.75 Å². The van der Waals surface area contributed by atoms with Gasteiger partial charge in [-0.3, -0.25) is 0 Å². The van der Waals surface area contributed by atoms with Crippen LogP contribution in [0.4, 0.5) is 0 Å². The maximum atomic E-state index is 7.15. The Balaban J connectivity index is 1.18. The molecule has 0 bridgehead atoms. The zero-order valence-corrected chi connectivity index (χ0v) is 31.5. The van der Waals surface area contributed by atoms with Gasteiger partial charge in [-0.15, -0.1) is 0 Å². The average Bonchev–Trinajstić information content (AvgIpc) is 3.21. The van der Waals surface area contributed by atoms with Crippen molar-refractivity contribution in [2.45, 2.75) is 109 Å². The Morgan fingerprint density at radius 1 is 0.442 bits per heavy atom. The third kappa shape index (κ3) is 12.5. The summed E-state index contributed by atoms with van der Waals surface area (Å²) in [6, 6.07) is 50.5. The van der Waals surface area contributed by atoms with E-state index in [1.165, 1.54) is 82.6 Å². The fourth-order valence-corrected chi connectivity index (χ4v) is 7.03. The van der Waals surface area contributed by atoms with Gasteiger partial charge in [-0.05, 0) is 52.8 Å². The summed E-state index contributed by atoms with van der Waals surface area (Å²) in [5.74, 6) is 0.854. The summed E-state index contributed by atoms with van der Waals surface area (Å²) in [7, 11) is 0. The molecule has 0 spiro atoms. The molecule has 5 aromatic rings. The third-order valence-corrected chi connectivity index (χ3v) is 10.0. The largest absolute Gasteiger partial charge is 0.491 e. The van der Waals surface area contributed by atoms with Crippen LogP contribution >= 0.6 is 0 Å². The molecule has 1 unspecified atom stereocenters. The summed E-state index contributed by atoms with van der Waals surface area (Å²) >= 11 is 0. The van der Waals surface area contributed by atoms with Crippen LogP contribution in [-0.2, 0) is 28.1 Å². The van der Waals surface area contributed by atoms with Crippen LogP contribution in [0.1, 0.15) is 112 Å². The quantitative estimate of drug-likeness (QED) is 0.0449. The van der Waals surface area contributed by atoms with Gasteiger partial charge in [0.05, 0.1) is 13.2 Å². The van der Waals surface area contributed by atoms with Crippen LogP contribution in [0.2, 0.25) is 0 Å². The van der Waals surface area contributed by atoms with Crippen LogP contribution in [0.25, 0.3) is 0 Å². The number of unbranched alkanes of at least 4 members (excludes halogenated alkanes) is 11. The number of rotatable bonds is 25. The van der Waals surface area contributed by atoms with Crippen LogP contribution in [0, 0.1) is 0 Å². The number of ether oxygens (including phenoxy) is 3. The molecule has 5 aromatic carbocycles. The average molecular weight is 697 g/mol. The number of hydrogen-bond acceptors (Lipinski definition) is 3. The van der Waals surface area contributed by atoms with Crippen LogP contribution in [0.15, 0.2) is 146 Å². The van der Waals surface area contributed by atoms with Crippen LogP contribution in [-0.4, -0.2) is 19.3 Å². The predicted molar refractivity (Wildman–Crippen MR) is 217 cm³/mol. The van der Waals surface area contributed by atoms with Crippen molar-refractivity contribution in [1.82, 2.24) is 0 Å². The normalized spacial score (nSPS) is 12.1. The van der Waals surface area contributed by atoms with E-state index in [-0.39, 0.29) is 6.10 Å². The molecule has 0 fully saturated rings. The maximum Gasteiger partial charge on any atom is 0.143 e. The van der Waals surface area contributed by atoms with Gasteiger partial charge in [0.1, 0.15) is 24.1 Å². The van der Waals surface area contributed by atoms with E-state index in [2.05, 4.69) is 116 Å². The molecular formula is C49H60O3. The predicted octanol–water partition coefficient (Wildman–Crippen LogP) is 12.9. The van der Waals surface area contributed by atoms with E-state index in [4.69, 9.17) is 14.2 Å². The fraction of sp³-hybridized carbons (Fsp3) is 0.388. The molecule has 0 aliphatic rings. The molecule has 0 aromatic heterocycles. The minimum absolute atomic E-state index is 0.309. The second kappa shape index (κ2) is 22.7. The molecule has 0 heterocycles. The SMILES string of the molecule is CCCCCCCCCCCCCCc1ccc(OCC(COC(c2ccccc2)(c2ccccc2)c2ccccc2)OCc2ccccc2)cc1. The van der Waals surface area contributed by atoms with Crippen molar-refractivity contribution in [3.05, 3.63) is 173 Å². The van der Waals surface area contributed by atoms with Crippen molar-refractivity contribution >= 4 is 0 Å². The third-order valence-electron chi connectivity index (χ3n) is 10.0. The van der Waals surface area contributed by atoms with Crippen molar-refractivity contribution in [3.63, 3.8) is 0 Å². The minimum Gasteiger partial charge on any atom is -0.491 e. The molecule has 274 valence electrons. The van der Waals surface area contributed by atoms with Gasteiger partial charge < -0.3 is 14.2 Å². The number of aryl methyl sites for hydroxylation is 1. The van der Waals surface area contributed by atoms with Crippen molar-refractivity contribution in [1.29, 1.82) is 0 Å². The Kier molecular flexibility index (Phi) is 17.0. The first kappa shape index (κ1) is 39.0. The number of benzene rings is 5. The Labute approximate surface area is 314 Å². The second-order valence-corrected chi connectivity index (χ2v) is 14.1. The zero-order valence-electron chi connectivity index (χ0n) is 31.5. The monoisotopic (exact) mass is 696 g/mol. The summed E-state index contributed by atoms with van der Waals surface area (Å²) in [6.07, 6.45) is 17.3. The molecule has 0 saturated carbocycles. The van der Waals surface area contributed by atoms with Gasteiger partial charge in [-0.25, -0.2) is 0 Å². The van der Waals surface area contributed by atoms with Crippen LogP contribution in [0.3, 0.4) is 0 Å². The van der Waals surface area contributed by atoms with Crippen molar-refractivity contribution in [2.24, 2.45) is 0 Å². The molecule has 0 amide bonds. The van der Waals surface area contributed by atoms with Crippen molar-refractivity contribution < 1.29 is 14.2 Å². The maximum absolute atomic E-state index is 7.15. The van der Waals surface area contributed by atoms with Gasteiger partial charge in [-0.2, -0.15) is 0 Å². The van der Waals surface area contributed by atoms with E-state index in [1.54, 1.807) is 0 Å². The van der Waals surface area contributed by atoms with Crippen LogP contribution in [0.5, 0.6) is 5.75 Å². The van der Waals surface area contributed by atoms with E-state index >= 15 is 0 Å². The molecule has 3 heteroatoms. The highest BCUT2D eigenvalue weighted by Gasteiger charge is 2.38. The Morgan fingerprint density at radius 2 is 0.885 bits per heavy atom. The van der Waals surface area contributed by atoms with Crippen molar-refractivity contribution in [2.75, 3.05) is 13.2 Å². The minimum atomic E-state index is -0.826. The van der Waals surface area contributed by atoms with E-state index in [0.29, 0.717) is 19.8 Å². The van der Waals surface area contributed by atoms with Gasteiger partial charge in [0, 0.05) is 0 Å². The van der Waals surface area contributed by atoms with Gasteiger partial charge >= 0.3 is 0 Å². The van der Waals surface area contributed by atoms with E-state index < -0.39 is 5.60 Å². The molecule has 0 aliphatic heterocycles. The molecular weight excluding hydrogens is 637 g/mol. The lowest BCUT2D eigenvalue weighted by Gasteiger charge is -2.37. The molecule has 52 heavy (non-hydrogen) atoms. The Hall–Kier alpha value is -4.18. The Bertz CT molecular complexity index is 1510. The van der Waals surface area contributed by atoms with Gasteiger partial charge in [-0.1, -0.05) is 211 Å². The lowest BCUT2D eigenvalue weighted by molar-refractivity contribution is -0.0826. The first-order valence-electron chi connectivity index (χ1n) is 20.0. The molecule has 0 N–H and O–H groups in total. The first-order valence-corrected chi connectivity index (χ1v) is 20.0. The second-order valence-electron chi connectivity index (χ2n) is 14.1. The van der Waals surface area contributed by atoms with Crippen LogP contribution < -0.4 is 4.74 Å². The lowest BCUT2D eigenvalue weighted by atomic mass is 9.80. The fourth-order valence-electron chi connectivity index (χ4n) is 7.03. The summed E-state index contributed by atoms with van der Waals surface area (Å²) < 4.78 is 20.1.